The van der Waals surface area contributed by atoms with Gasteiger partial charge in [-0.2, -0.15) is 0 Å². The Balaban J connectivity index is 1.69. The maximum atomic E-state index is 13.8. The van der Waals surface area contributed by atoms with Crippen LogP contribution >= 0.6 is 0 Å². The third-order valence-electron chi connectivity index (χ3n) is 6.20. The number of hydrogen-bond donors (Lipinski definition) is 0. The minimum Gasteiger partial charge on any atom is -0.324 e. The fourth-order valence-corrected chi connectivity index (χ4v) is 4.32. The van der Waals surface area contributed by atoms with Gasteiger partial charge in [-0.15, -0.1) is 0 Å². The zero-order chi connectivity index (χ0) is 25.1. The molecular formula is C30H24FN3O2. The molecule has 1 heterocycles. The predicted molar refractivity (Wildman–Crippen MR) is 138 cm³/mol. The number of hydrogen-bond acceptors (Lipinski definition) is 3. The summed E-state index contributed by atoms with van der Waals surface area (Å²) in [6.45, 7) is 2.15. The fraction of sp³-hybridized carbons (Fsp3) is 0.100. The lowest BCUT2D eigenvalue weighted by Gasteiger charge is -2.31. The van der Waals surface area contributed by atoms with E-state index >= 15 is 0 Å². The van der Waals surface area contributed by atoms with E-state index in [1.807, 2.05) is 79.7 Å². The average molecular weight is 478 g/mol. The molecule has 6 heteroatoms. The van der Waals surface area contributed by atoms with Crippen LogP contribution in [-0.4, -0.2) is 20.4 Å². The normalized spacial score (nSPS) is 11.8. The van der Waals surface area contributed by atoms with Crippen LogP contribution in [0.1, 0.15) is 34.7 Å². The summed E-state index contributed by atoms with van der Waals surface area (Å²) in [6, 6.07) is 31.0. The number of carbonyl (C=O) groups is 1. The summed E-state index contributed by atoms with van der Waals surface area (Å²) in [6.07, 6.45) is 0. The van der Waals surface area contributed by atoms with Crippen LogP contribution in [0.4, 0.5) is 4.39 Å². The van der Waals surface area contributed by atoms with E-state index in [0.717, 1.165) is 5.56 Å². The lowest BCUT2D eigenvalue weighted by molar-refractivity contribution is 0.0664. The van der Waals surface area contributed by atoms with Gasteiger partial charge in [0.1, 0.15) is 11.6 Å². The molecular weight excluding hydrogens is 453 g/mol. The van der Waals surface area contributed by atoms with Gasteiger partial charge in [0.15, 0.2) is 0 Å². The van der Waals surface area contributed by atoms with Crippen LogP contribution in [-0.2, 0) is 6.54 Å². The molecule has 0 aliphatic heterocycles. The number of carbonyl (C=O) groups excluding carboxylic acids is 1. The van der Waals surface area contributed by atoms with Gasteiger partial charge in [0.2, 0.25) is 0 Å². The highest BCUT2D eigenvalue weighted by molar-refractivity contribution is 5.94. The first-order chi connectivity index (χ1) is 17.5. The highest BCUT2D eigenvalue weighted by atomic mass is 19.1. The molecule has 0 aliphatic carbocycles. The lowest BCUT2D eigenvalue weighted by atomic mass is 10.1. The van der Waals surface area contributed by atoms with Crippen molar-refractivity contribution in [2.75, 3.05) is 0 Å². The maximum absolute atomic E-state index is 13.8. The molecule has 1 atom stereocenters. The van der Waals surface area contributed by atoms with Crippen molar-refractivity contribution in [1.82, 2.24) is 14.5 Å². The monoisotopic (exact) mass is 477 g/mol. The molecule has 0 radical (unpaired) electrons. The summed E-state index contributed by atoms with van der Waals surface area (Å²) in [4.78, 5) is 34.0. The molecule has 0 bridgehead atoms. The number of halogens is 1. The van der Waals surface area contributed by atoms with Crippen LogP contribution in [0, 0.1) is 5.82 Å². The summed E-state index contributed by atoms with van der Waals surface area (Å²) in [5.41, 5.74) is 2.30. The van der Waals surface area contributed by atoms with Gasteiger partial charge in [0.25, 0.3) is 11.5 Å². The Labute approximate surface area is 208 Å². The number of fused-ring (bicyclic) bond motifs is 1. The molecule has 5 nitrogen and oxygen atoms in total. The minimum absolute atomic E-state index is 0.206. The Hall–Kier alpha value is -4.58. The van der Waals surface area contributed by atoms with Crippen molar-refractivity contribution in [2.24, 2.45) is 0 Å². The van der Waals surface area contributed by atoms with Crippen molar-refractivity contribution in [2.45, 2.75) is 19.5 Å². The summed E-state index contributed by atoms with van der Waals surface area (Å²) < 4.78 is 15.2. The van der Waals surface area contributed by atoms with Crippen molar-refractivity contribution < 1.29 is 9.18 Å². The molecule has 1 aromatic heterocycles. The molecule has 178 valence electrons. The summed E-state index contributed by atoms with van der Waals surface area (Å²) in [5, 5.41) is 0.497. The number of benzene rings is 4. The largest absolute Gasteiger partial charge is 0.324 e. The quantitative estimate of drug-likeness (QED) is 0.305. The number of amides is 1. The topological polar surface area (TPSA) is 55.2 Å². The van der Waals surface area contributed by atoms with Gasteiger partial charge >= 0.3 is 0 Å². The van der Waals surface area contributed by atoms with Crippen LogP contribution in [0.15, 0.2) is 114 Å². The Morgan fingerprint density at radius 2 is 1.47 bits per heavy atom. The molecule has 0 fully saturated rings. The number of rotatable bonds is 6. The second-order valence-electron chi connectivity index (χ2n) is 8.56. The second-order valence-corrected chi connectivity index (χ2v) is 8.56. The molecule has 0 N–H and O–H groups in total. The highest BCUT2D eigenvalue weighted by Crippen LogP contribution is 2.26. The SMILES string of the molecule is CC(c1nc2ccccc2c(=O)n1-c1ccccc1)N(Cc1ccccc1)C(=O)c1ccc(F)cc1. The van der Waals surface area contributed by atoms with Crippen LogP contribution in [0.3, 0.4) is 0 Å². The van der Waals surface area contributed by atoms with Crippen molar-refractivity contribution >= 4 is 16.8 Å². The average Bonchev–Trinajstić information content (AvgIpc) is 2.92. The first-order valence-corrected chi connectivity index (χ1v) is 11.7. The van der Waals surface area contributed by atoms with Gasteiger partial charge in [-0.05, 0) is 61.0 Å². The molecule has 5 aromatic rings. The van der Waals surface area contributed by atoms with E-state index in [1.54, 1.807) is 21.6 Å². The highest BCUT2D eigenvalue weighted by Gasteiger charge is 2.28. The molecule has 1 unspecified atom stereocenters. The van der Waals surface area contributed by atoms with Gasteiger partial charge < -0.3 is 4.90 Å². The van der Waals surface area contributed by atoms with Gasteiger partial charge in [0.05, 0.1) is 22.6 Å². The van der Waals surface area contributed by atoms with Crippen molar-refractivity contribution in [1.29, 1.82) is 0 Å². The smallest absolute Gasteiger partial charge is 0.266 e. The molecule has 36 heavy (non-hydrogen) atoms. The summed E-state index contributed by atoms with van der Waals surface area (Å²) in [5.74, 6) is -0.256. The van der Waals surface area contributed by atoms with Crippen molar-refractivity contribution in [3.8, 4) is 5.69 Å². The first kappa shape index (κ1) is 23.2. The van der Waals surface area contributed by atoms with Gasteiger partial charge in [-0.25, -0.2) is 9.37 Å². The van der Waals surface area contributed by atoms with E-state index in [9.17, 15) is 14.0 Å². The van der Waals surface area contributed by atoms with Gasteiger partial charge in [-0.3, -0.25) is 14.2 Å². The van der Waals surface area contributed by atoms with E-state index in [-0.39, 0.29) is 18.0 Å². The molecule has 0 aliphatic rings. The zero-order valence-electron chi connectivity index (χ0n) is 19.7. The lowest BCUT2D eigenvalue weighted by Crippen LogP contribution is -2.37. The molecule has 1 amide bonds. The molecule has 5 rings (SSSR count). The molecule has 0 saturated heterocycles. The summed E-state index contributed by atoms with van der Waals surface area (Å²) >= 11 is 0. The van der Waals surface area contributed by atoms with E-state index in [2.05, 4.69) is 0 Å². The van der Waals surface area contributed by atoms with Crippen LogP contribution in [0.25, 0.3) is 16.6 Å². The van der Waals surface area contributed by atoms with Crippen LogP contribution in [0.5, 0.6) is 0 Å². The molecule has 0 saturated carbocycles. The number of aromatic nitrogens is 2. The molecule has 4 aromatic carbocycles. The maximum Gasteiger partial charge on any atom is 0.266 e. The van der Waals surface area contributed by atoms with Gasteiger partial charge in [-0.1, -0.05) is 60.7 Å². The van der Waals surface area contributed by atoms with Gasteiger partial charge in [0, 0.05) is 12.1 Å². The van der Waals surface area contributed by atoms with Crippen LogP contribution < -0.4 is 5.56 Å². The number of para-hydroxylation sites is 2. The summed E-state index contributed by atoms with van der Waals surface area (Å²) in [7, 11) is 0. The Morgan fingerprint density at radius 1 is 0.861 bits per heavy atom. The van der Waals surface area contributed by atoms with Crippen molar-refractivity contribution in [3.63, 3.8) is 0 Å². The number of nitrogens with zero attached hydrogens (tertiary/aromatic N) is 3. The Morgan fingerprint density at radius 3 is 2.17 bits per heavy atom. The second kappa shape index (κ2) is 9.96. The van der Waals surface area contributed by atoms with E-state index in [0.29, 0.717) is 28.0 Å². The minimum atomic E-state index is -0.583. The fourth-order valence-electron chi connectivity index (χ4n) is 4.32. The standard InChI is InChI=1S/C30H24FN3O2/c1-21(33(20-22-10-4-2-5-11-22)29(35)23-16-18-24(31)19-17-23)28-32-27-15-9-8-14-26(27)30(36)34(28)25-12-6-3-7-13-25/h2-19,21H,20H2,1H3. The van der Waals surface area contributed by atoms with E-state index < -0.39 is 11.9 Å². The Kier molecular flexibility index (Phi) is 6.41. The third-order valence-corrected chi connectivity index (χ3v) is 6.20. The first-order valence-electron chi connectivity index (χ1n) is 11.7. The van der Waals surface area contributed by atoms with E-state index in [1.165, 1.54) is 24.3 Å². The van der Waals surface area contributed by atoms with Crippen molar-refractivity contribution in [3.05, 3.63) is 142 Å². The van der Waals surface area contributed by atoms with Crippen LogP contribution in [0.2, 0.25) is 0 Å². The zero-order valence-corrected chi connectivity index (χ0v) is 19.7. The molecule has 0 spiro atoms. The van der Waals surface area contributed by atoms with E-state index in [4.69, 9.17) is 4.98 Å². The Bertz CT molecular complexity index is 1570. The third kappa shape index (κ3) is 4.53. The predicted octanol–water partition coefficient (Wildman–Crippen LogP) is 5.93.